The van der Waals surface area contributed by atoms with E-state index < -0.39 is 0 Å². The second-order valence-corrected chi connectivity index (χ2v) is 31.2. The number of benzene rings is 3. The maximum absolute atomic E-state index is 2.50. The summed E-state index contributed by atoms with van der Waals surface area (Å²) in [6, 6.07) is 12.1. The lowest BCUT2D eigenvalue weighted by molar-refractivity contribution is 0.359. The fourth-order valence-corrected chi connectivity index (χ4v) is 10.9. The lowest BCUT2D eigenvalue weighted by atomic mass is 9.85. The molecule has 0 saturated carbocycles. The van der Waals surface area contributed by atoms with Crippen molar-refractivity contribution in [3.63, 3.8) is 0 Å². The Balaban J connectivity index is 0.00000109. The van der Waals surface area contributed by atoms with Crippen molar-refractivity contribution in [3.05, 3.63) is 103 Å². The smallest absolute Gasteiger partial charge is 0.0273 e. The molecule has 0 bridgehead atoms. The Morgan fingerprint density at radius 3 is 0.855 bits per heavy atom. The van der Waals surface area contributed by atoms with E-state index in [9.17, 15) is 0 Å². The second kappa shape index (κ2) is 35.4. The molecule has 3 aromatic rings. The first-order valence-corrected chi connectivity index (χ1v) is 32.2. The average Bonchev–Trinajstić information content (AvgIpc) is 3.28. The normalized spacial score (nSPS) is 12.4. The largest absolute Gasteiger partial charge is 0.0683 e. The topological polar surface area (TPSA) is 0 Å². The highest BCUT2D eigenvalue weighted by Crippen LogP contribution is 2.32. The molecule has 0 aliphatic rings. The molecule has 0 aliphatic carbocycles. The summed E-state index contributed by atoms with van der Waals surface area (Å²) in [5.41, 5.74) is 23.3. The van der Waals surface area contributed by atoms with E-state index in [0.717, 1.165) is 6.42 Å². The molecule has 0 radical (unpaired) electrons. The fraction of sp³-hybridized carbons (Fsp3) is 0.763. The molecule has 0 heterocycles. The third-order valence-electron chi connectivity index (χ3n) is 16.0. The molecule has 0 amide bonds. The van der Waals surface area contributed by atoms with Crippen molar-refractivity contribution in [2.24, 2.45) is 32.5 Å². The van der Waals surface area contributed by atoms with E-state index in [1.54, 1.807) is 38.9 Å². The Labute approximate surface area is 480 Å². The lowest BCUT2D eigenvalue weighted by Crippen LogP contribution is -2.07. The van der Waals surface area contributed by atoms with Crippen molar-refractivity contribution >= 4 is 0 Å². The fourth-order valence-electron chi connectivity index (χ4n) is 10.9. The van der Waals surface area contributed by atoms with Gasteiger partial charge in [-0.25, -0.2) is 0 Å². The number of hydrogen-bond acceptors (Lipinski definition) is 0. The van der Waals surface area contributed by atoms with Crippen molar-refractivity contribution in [3.8, 4) is 0 Å². The summed E-state index contributed by atoms with van der Waals surface area (Å²) >= 11 is 0. The maximum Gasteiger partial charge on any atom is -0.0273 e. The van der Waals surface area contributed by atoms with Crippen molar-refractivity contribution in [1.82, 2.24) is 0 Å². The van der Waals surface area contributed by atoms with Gasteiger partial charge in [0.1, 0.15) is 0 Å². The second-order valence-electron chi connectivity index (χ2n) is 31.2. The van der Waals surface area contributed by atoms with Gasteiger partial charge < -0.3 is 0 Å². The Bertz CT molecular complexity index is 1960. The first kappa shape index (κ1) is 73.7. The minimum Gasteiger partial charge on any atom is -0.0683 e. The van der Waals surface area contributed by atoms with Crippen LogP contribution in [0.15, 0.2) is 30.3 Å². The van der Waals surface area contributed by atoms with Crippen LogP contribution in [-0.2, 0) is 44.9 Å². The molecule has 76 heavy (non-hydrogen) atoms. The highest BCUT2D eigenvalue weighted by atomic mass is 14.2. The van der Waals surface area contributed by atoms with Crippen molar-refractivity contribution in [2.75, 3.05) is 0 Å². The Kier molecular flexibility index (Phi) is 34.3. The Morgan fingerprint density at radius 1 is 0.276 bits per heavy atom. The monoisotopic (exact) mass is 1050 g/mol. The van der Waals surface area contributed by atoms with Gasteiger partial charge in [-0.05, 0) is 268 Å². The molecule has 0 saturated heterocycles. The van der Waals surface area contributed by atoms with Gasteiger partial charge in [-0.1, -0.05) is 214 Å². The predicted molar refractivity (Wildman–Crippen MR) is 351 cm³/mol. The quantitative estimate of drug-likeness (QED) is 0.0742. The summed E-state index contributed by atoms with van der Waals surface area (Å²) in [7, 11) is 0. The molecule has 440 valence electrons. The van der Waals surface area contributed by atoms with Crippen molar-refractivity contribution < 1.29 is 0 Å². The van der Waals surface area contributed by atoms with Crippen LogP contribution in [0.3, 0.4) is 0 Å². The molecule has 3 aromatic carbocycles. The van der Waals surface area contributed by atoms with E-state index in [1.165, 1.54) is 187 Å². The van der Waals surface area contributed by atoms with E-state index in [-0.39, 0.29) is 0 Å². The van der Waals surface area contributed by atoms with Crippen LogP contribution >= 0.6 is 0 Å². The van der Waals surface area contributed by atoms with Crippen LogP contribution in [0.25, 0.3) is 0 Å². The first-order valence-electron chi connectivity index (χ1n) is 32.2. The molecular formula is C76H136. The summed E-state index contributed by atoms with van der Waals surface area (Å²) in [4.78, 5) is 0. The standard InChI is InChI=1S/2C25H44.C24H42.C2H6/c1-19-18-22(14-10-12-16-24(4,5)6)23(21(3)20(19)2)15-11-13-17-25(7,8)9;1-9-21-18-20(2)23(15-11-13-17-25(6,7)8)22(19-21)14-10-12-16-24(3,4)5;1-19-15-16-20(2)22(14-10-12-18-24(6,7)8)21(19)13-9-11-17-23(3,4)5;1-2/h18H,10-17H2,1-9H3;18-19H,9-17H2,1-8H3;15-16H,9-14,17-18H2,1-8H3;1-2H3. The summed E-state index contributed by atoms with van der Waals surface area (Å²) in [6.07, 6.45) is 32.8. The zero-order valence-electron chi connectivity index (χ0n) is 57.1. The third kappa shape index (κ3) is 35.3. The maximum atomic E-state index is 2.50. The van der Waals surface area contributed by atoms with E-state index in [2.05, 4.69) is 203 Å². The van der Waals surface area contributed by atoms with Gasteiger partial charge in [0.25, 0.3) is 0 Å². The zero-order valence-corrected chi connectivity index (χ0v) is 57.1. The van der Waals surface area contributed by atoms with Gasteiger partial charge in [-0.2, -0.15) is 0 Å². The number of aryl methyl sites for hydroxylation is 7. The van der Waals surface area contributed by atoms with Gasteiger partial charge in [0.05, 0.1) is 0 Å². The van der Waals surface area contributed by atoms with Crippen LogP contribution in [0.1, 0.15) is 333 Å². The van der Waals surface area contributed by atoms with Crippen LogP contribution < -0.4 is 0 Å². The highest BCUT2D eigenvalue weighted by molar-refractivity contribution is 5.45. The Hall–Kier alpha value is -2.34. The van der Waals surface area contributed by atoms with Gasteiger partial charge in [-0.15, -0.1) is 0 Å². The van der Waals surface area contributed by atoms with E-state index >= 15 is 0 Å². The van der Waals surface area contributed by atoms with Crippen LogP contribution in [0.4, 0.5) is 0 Å². The first-order chi connectivity index (χ1) is 34.9. The van der Waals surface area contributed by atoms with Crippen LogP contribution in [-0.4, -0.2) is 0 Å². The number of unbranched alkanes of at least 4 members (excludes halogenated alkanes) is 6. The average molecular weight is 1050 g/mol. The van der Waals surface area contributed by atoms with Crippen molar-refractivity contribution in [2.45, 2.75) is 347 Å². The minimum atomic E-state index is 0.466. The molecule has 3 rings (SSSR count). The van der Waals surface area contributed by atoms with E-state index in [1.807, 2.05) is 13.8 Å². The molecular weight excluding hydrogens is 913 g/mol. The molecule has 0 nitrogen and oxygen atoms in total. The summed E-state index contributed by atoms with van der Waals surface area (Å²) < 4.78 is 0. The predicted octanol–water partition coefficient (Wildman–Crippen LogP) is 25.1. The van der Waals surface area contributed by atoms with Gasteiger partial charge in [0.2, 0.25) is 0 Å². The SMILES string of the molecule is CC.CCc1cc(C)c(CCCCC(C)(C)C)c(CCCCC(C)(C)C)c1.Cc1cc(CCCCC(C)(C)C)c(CCCCC(C)(C)C)c(C)c1C.Cc1ccc(C)c(CCCCC(C)(C)C)c1CCCCC(C)(C)C. The molecule has 0 spiro atoms. The highest BCUT2D eigenvalue weighted by Gasteiger charge is 2.18. The molecule has 0 aliphatic heterocycles. The van der Waals surface area contributed by atoms with Gasteiger partial charge in [0, 0.05) is 0 Å². The third-order valence-corrected chi connectivity index (χ3v) is 16.0. The zero-order chi connectivity index (χ0) is 58.7. The molecule has 0 heteroatoms. The van der Waals surface area contributed by atoms with Gasteiger partial charge >= 0.3 is 0 Å². The summed E-state index contributed by atoms with van der Waals surface area (Å²) in [5.74, 6) is 0. The van der Waals surface area contributed by atoms with Crippen LogP contribution in [0.5, 0.6) is 0 Å². The van der Waals surface area contributed by atoms with E-state index in [4.69, 9.17) is 0 Å². The minimum absolute atomic E-state index is 0.466. The molecule has 0 unspecified atom stereocenters. The number of hydrogen-bond donors (Lipinski definition) is 0. The molecule has 0 atom stereocenters. The van der Waals surface area contributed by atoms with Crippen molar-refractivity contribution in [1.29, 1.82) is 0 Å². The van der Waals surface area contributed by atoms with Gasteiger partial charge in [-0.3, -0.25) is 0 Å². The molecule has 0 N–H and O–H groups in total. The molecule has 0 fully saturated rings. The van der Waals surface area contributed by atoms with Crippen LogP contribution in [0, 0.1) is 74.0 Å². The van der Waals surface area contributed by atoms with Crippen LogP contribution in [0.2, 0.25) is 0 Å². The number of rotatable bonds is 25. The van der Waals surface area contributed by atoms with E-state index in [0.29, 0.717) is 32.5 Å². The summed E-state index contributed by atoms with van der Waals surface area (Å²) in [6.45, 7) is 62.5. The molecule has 0 aromatic heterocycles. The van der Waals surface area contributed by atoms with Gasteiger partial charge in [0.15, 0.2) is 0 Å². The Morgan fingerprint density at radius 2 is 0.553 bits per heavy atom. The summed E-state index contributed by atoms with van der Waals surface area (Å²) in [5, 5.41) is 0. The lowest BCUT2D eigenvalue weighted by Gasteiger charge is -2.21.